The third kappa shape index (κ3) is 3.28. The van der Waals surface area contributed by atoms with Gasteiger partial charge < -0.3 is 0 Å². The Bertz CT molecular complexity index is 722. The van der Waals surface area contributed by atoms with Crippen molar-refractivity contribution in [2.24, 2.45) is 0 Å². The Morgan fingerprint density at radius 3 is 2.35 bits per heavy atom. The van der Waals surface area contributed by atoms with Gasteiger partial charge in [-0.3, -0.25) is 4.72 Å². The summed E-state index contributed by atoms with van der Waals surface area (Å²) in [5.74, 6) is 0. The summed E-state index contributed by atoms with van der Waals surface area (Å²) in [7, 11) is -4.09. The smallest absolute Gasteiger partial charge is 0.279 e. The van der Waals surface area contributed by atoms with Gasteiger partial charge in [-0.15, -0.1) is 0 Å². The van der Waals surface area contributed by atoms with Crippen molar-refractivity contribution in [3.8, 4) is 0 Å². The van der Waals surface area contributed by atoms with Crippen LogP contribution in [0.25, 0.3) is 0 Å². The van der Waals surface area contributed by atoms with Crippen LogP contribution in [0, 0.1) is 5.13 Å². The summed E-state index contributed by atoms with van der Waals surface area (Å²) in [5, 5.41) is -0.700. The first-order valence-corrected chi connectivity index (χ1v) is 7.44. The molecule has 1 aromatic carbocycles. The molecule has 3 nitrogen and oxygen atoms in total. The summed E-state index contributed by atoms with van der Waals surface area (Å²) < 4.78 is 75.6. The molecule has 0 fully saturated rings. The number of alkyl halides is 3. The second-order valence-electron chi connectivity index (χ2n) is 3.74. The molecule has 0 atom stereocenters. The minimum atomic E-state index is -4.57. The molecule has 0 aliphatic rings. The van der Waals surface area contributed by atoms with E-state index in [1.54, 1.807) is 0 Å². The fourth-order valence-electron chi connectivity index (χ4n) is 1.41. The van der Waals surface area contributed by atoms with E-state index in [1.165, 1.54) is 6.07 Å². The highest BCUT2D eigenvalue weighted by Crippen LogP contribution is 2.31. The lowest BCUT2D eigenvalue weighted by Gasteiger charge is -2.10. The molecule has 0 aliphatic carbocycles. The second kappa shape index (κ2) is 5.06. The molecule has 2 aromatic rings. The van der Waals surface area contributed by atoms with E-state index in [4.69, 9.17) is 0 Å². The van der Waals surface area contributed by atoms with Crippen LogP contribution in [0.3, 0.4) is 0 Å². The molecule has 108 valence electrons. The Hall–Kier alpha value is -1.61. The topological polar surface area (TPSA) is 46.2 Å². The number of anilines is 1. The van der Waals surface area contributed by atoms with Crippen molar-refractivity contribution in [2.75, 3.05) is 4.72 Å². The zero-order valence-electron chi connectivity index (χ0n) is 9.61. The van der Waals surface area contributed by atoms with Gasteiger partial charge in [0.05, 0.1) is 5.56 Å². The third-order valence-corrected chi connectivity index (χ3v) is 5.00. The van der Waals surface area contributed by atoms with Crippen LogP contribution in [0.4, 0.5) is 23.2 Å². The lowest BCUT2D eigenvalue weighted by Crippen LogP contribution is -2.12. The van der Waals surface area contributed by atoms with Gasteiger partial charge in [-0.2, -0.15) is 17.6 Å². The third-order valence-electron chi connectivity index (χ3n) is 2.26. The Labute approximate surface area is 115 Å². The molecule has 0 amide bonds. The number of hydrogen-bond acceptors (Lipinski definition) is 3. The number of rotatable bonds is 3. The minimum Gasteiger partial charge on any atom is -0.279 e. The van der Waals surface area contributed by atoms with Crippen LogP contribution in [0.1, 0.15) is 5.56 Å². The van der Waals surface area contributed by atoms with Crippen LogP contribution < -0.4 is 4.72 Å². The highest BCUT2D eigenvalue weighted by molar-refractivity contribution is 7.94. The van der Waals surface area contributed by atoms with Crippen LogP contribution in [0.2, 0.25) is 0 Å². The molecule has 0 bridgehead atoms. The fraction of sp³-hybridized carbons (Fsp3) is 0.0909. The highest BCUT2D eigenvalue weighted by Gasteiger charge is 2.30. The van der Waals surface area contributed by atoms with E-state index in [9.17, 15) is 26.0 Å². The quantitative estimate of drug-likeness (QED) is 0.875. The molecule has 0 saturated heterocycles. The van der Waals surface area contributed by atoms with Crippen molar-refractivity contribution in [1.29, 1.82) is 0 Å². The molecular weight excluding hydrogens is 318 g/mol. The van der Waals surface area contributed by atoms with Crippen molar-refractivity contribution in [3.05, 3.63) is 47.1 Å². The maximum absolute atomic E-state index is 12.8. The van der Waals surface area contributed by atoms with E-state index in [-0.39, 0.29) is 9.90 Å². The van der Waals surface area contributed by atoms with Gasteiger partial charge >= 0.3 is 6.18 Å². The van der Waals surface area contributed by atoms with Gasteiger partial charge in [-0.1, -0.05) is 17.4 Å². The molecule has 0 aliphatic heterocycles. The lowest BCUT2D eigenvalue weighted by atomic mass is 10.2. The largest absolute Gasteiger partial charge is 0.416 e. The van der Waals surface area contributed by atoms with Gasteiger partial charge in [-0.25, -0.2) is 8.42 Å². The number of benzene rings is 1. The van der Waals surface area contributed by atoms with Crippen molar-refractivity contribution in [1.82, 2.24) is 0 Å². The molecule has 1 aromatic heterocycles. The van der Waals surface area contributed by atoms with Crippen LogP contribution in [-0.4, -0.2) is 8.42 Å². The number of sulfonamides is 1. The average Bonchev–Trinajstić information content (AvgIpc) is 2.75. The first kappa shape index (κ1) is 14.8. The lowest BCUT2D eigenvalue weighted by molar-refractivity contribution is -0.137. The van der Waals surface area contributed by atoms with Crippen molar-refractivity contribution in [2.45, 2.75) is 10.4 Å². The van der Waals surface area contributed by atoms with Crippen LogP contribution in [0.15, 0.2) is 40.6 Å². The van der Waals surface area contributed by atoms with Gasteiger partial charge in [0.2, 0.25) is 0 Å². The van der Waals surface area contributed by atoms with Gasteiger partial charge in [0, 0.05) is 5.69 Å². The fourth-order valence-corrected chi connectivity index (χ4v) is 3.46. The molecule has 0 saturated carbocycles. The predicted octanol–water partition coefficient (Wildman–Crippen LogP) is 3.71. The predicted molar refractivity (Wildman–Crippen MR) is 66.5 cm³/mol. The van der Waals surface area contributed by atoms with Gasteiger partial charge in [0.1, 0.15) is 4.21 Å². The monoisotopic (exact) mass is 325 g/mol. The maximum atomic E-state index is 12.8. The van der Waals surface area contributed by atoms with E-state index in [2.05, 4.69) is 0 Å². The summed E-state index contributed by atoms with van der Waals surface area (Å²) in [6.45, 7) is 0. The maximum Gasteiger partial charge on any atom is 0.416 e. The van der Waals surface area contributed by atoms with E-state index >= 15 is 0 Å². The Balaban J connectivity index is 2.31. The normalized spacial score (nSPS) is 12.4. The summed E-state index contributed by atoms with van der Waals surface area (Å²) in [6, 6.07) is 5.75. The number of hydrogen-bond donors (Lipinski definition) is 1. The molecule has 2 rings (SSSR count). The first-order valence-electron chi connectivity index (χ1n) is 5.14. The Kier molecular flexibility index (Phi) is 3.74. The van der Waals surface area contributed by atoms with E-state index < -0.39 is 26.9 Å². The molecule has 9 heteroatoms. The van der Waals surface area contributed by atoms with Crippen LogP contribution >= 0.6 is 11.3 Å². The van der Waals surface area contributed by atoms with Crippen LogP contribution in [-0.2, 0) is 16.2 Å². The number of nitrogens with one attached hydrogen (secondary N) is 1. The molecule has 0 spiro atoms. The molecular formula is C11H7F4NO2S2. The number of halogens is 4. The summed E-state index contributed by atoms with van der Waals surface area (Å²) in [4.78, 5) is 0. The van der Waals surface area contributed by atoms with E-state index in [1.807, 2.05) is 4.72 Å². The van der Waals surface area contributed by atoms with Crippen molar-refractivity contribution >= 4 is 27.0 Å². The SMILES string of the molecule is O=S(=O)(Nc1cccc(C(F)(F)F)c1)c1ccc(F)s1. The first-order chi connectivity index (χ1) is 9.18. The van der Waals surface area contributed by atoms with Crippen LogP contribution in [0.5, 0.6) is 0 Å². The Morgan fingerprint density at radius 1 is 1.10 bits per heavy atom. The molecule has 0 radical (unpaired) electrons. The summed E-state index contributed by atoms with van der Waals surface area (Å²) in [5.41, 5.74) is -1.22. The molecule has 1 N–H and O–H groups in total. The zero-order chi connectivity index (χ0) is 15.0. The highest BCUT2D eigenvalue weighted by atomic mass is 32.2. The minimum absolute atomic E-state index is 0.242. The van der Waals surface area contributed by atoms with E-state index in [0.29, 0.717) is 17.4 Å². The summed E-state index contributed by atoms with van der Waals surface area (Å²) >= 11 is 0.384. The molecule has 1 heterocycles. The van der Waals surface area contributed by atoms with Crippen molar-refractivity contribution < 1.29 is 26.0 Å². The zero-order valence-corrected chi connectivity index (χ0v) is 11.2. The van der Waals surface area contributed by atoms with Gasteiger partial charge in [0.15, 0.2) is 5.13 Å². The van der Waals surface area contributed by atoms with Crippen molar-refractivity contribution in [3.63, 3.8) is 0 Å². The van der Waals surface area contributed by atoms with Gasteiger partial charge in [0.25, 0.3) is 10.0 Å². The second-order valence-corrected chi connectivity index (χ2v) is 6.69. The standard InChI is InChI=1S/C11H7F4NO2S2/c12-9-4-5-10(19-9)20(17,18)16-8-3-1-2-7(6-8)11(13,14)15/h1-6,16H. The summed E-state index contributed by atoms with van der Waals surface area (Å²) in [6.07, 6.45) is -4.57. The number of thiophene rings is 1. The molecule has 20 heavy (non-hydrogen) atoms. The average molecular weight is 325 g/mol. The van der Waals surface area contributed by atoms with Gasteiger partial charge in [-0.05, 0) is 30.3 Å². The Morgan fingerprint density at radius 2 is 1.80 bits per heavy atom. The molecule has 0 unspecified atom stereocenters. The van der Waals surface area contributed by atoms with E-state index in [0.717, 1.165) is 24.3 Å².